The third kappa shape index (κ3) is 1.92. The first-order valence-electron chi connectivity index (χ1n) is 4.80. The quantitative estimate of drug-likeness (QED) is 0.754. The van der Waals surface area contributed by atoms with Crippen LogP contribution in [0.15, 0.2) is 6.07 Å². The molecule has 0 radical (unpaired) electrons. The van der Waals surface area contributed by atoms with Gasteiger partial charge in [0.15, 0.2) is 10.8 Å². The molecule has 0 aliphatic rings. The first-order valence-corrected chi connectivity index (χ1v) is 5.62. The van der Waals surface area contributed by atoms with Gasteiger partial charge in [-0.3, -0.25) is 0 Å². The Bertz CT molecular complexity index is 560. The molecule has 2 aromatic heterocycles. The number of aromatic nitrogens is 3. The lowest BCUT2D eigenvalue weighted by molar-refractivity contribution is 1.06. The number of aryl methyl sites for hydroxylation is 3. The van der Waals surface area contributed by atoms with Crippen LogP contribution in [0.5, 0.6) is 0 Å². The fourth-order valence-electron chi connectivity index (χ4n) is 1.48. The lowest BCUT2D eigenvalue weighted by Crippen LogP contribution is -1.93. The van der Waals surface area contributed by atoms with E-state index in [9.17, 15) is 0 Å². The first-order chi connectivity index (χ1) is 7.60. The van der Waals surface area contributed by atoms with E-state index in [2.05, 4.69) is 15.0 Å². The van der Waals surface area contributed by atoms with Gasteiger partial charge in [0.1, 0.15) is 6.07 Å². The second-order valence-electron chi connectivity index (χ2n) is 3.52. The maximum absolute atomic E-state index is 8.79. The molecule has 0 unspecified atom stereocenters. The number of rotatable bonds is 1. The predicted octanol–water partition coefficient (Wildman–Crippen LogP) is 2.40. The molecule has 2 heterocycles. The molecule has 80 valence electrons. The Morgan fingerprint density at radius 1 is 1.12 bits per heavy atom. The van der Waals surface area contributed by atoms with Crippen molar-refractivity contribution in [1.82, 2.24) is 15.0 Å². The molecule has 0 amide bonds. The van der Waals surface area contributed by atoms with Crippen LogP contribution in [0.1, 0.15) is 22.1 Å². The van der Waals surface area contributed by atoms with Gasteiger partial charge in [0.25, 0.3) is 0 Å². The zero-order valence-electron chi connectivity index (χ0n) is 9.27. The topological polar surface area (TPSA) is 62.5 Å². The van der Waals surface area contributed by atoms with Gasteiger partial charge in [-0.1, -0.05) is 11.3 Å². The van der Waals surface area contributed by atoms with E-state index in [1.807, 2.05) is 32.9 Å². The summed E-state index contributed by atoms with van der Waals surface area (Å²) < 4.78 is 0. The standard InChI is InChI=1S/C11H10N4S/c1-6-4-7(2)14-11(13-6)10-8(3)15-9(5-12)16-10/h4H,1-3H3. The average molecular weight is 230 g/mol. The minimum Gasteiger partial charge on any atom is -0.233 e. The summed E-state index contributed by atoms with van der Waals surface area (Å²) in [5.74, 6) is 0.661. The molecule has 4 nitrogen and oxygen atoms in total. The summed E-state index contributed by atoms with van der Waals surface area (Å²) in [6.07, 6.45) is 0. The lowest BCUT2D eigenvalue weighted by Gasteiger charge is -2.00. The molecule has 2 rings (SSSR count). The molecule has 0 saturated carbocycles. The second-order valence-corrected chi connectivity index (χ2v) is 4.52. The summed E-state index contributed by atoms with van der Waals surface area (Å²) in [7, 11) is 0. The third-order valence-corrected chi connectivity index (χ3v) is 3.14. The molecule has 0 fully saturated rings. The van der Waals surface area contributed by atoms with Crippen molar-refractivity contribution in [2.45, 2.75) is 20.8 Å². The van der Waals surface area contributed by atoms with Crippen molar-refractivity contribution in [3.8, 4) is 16.8 Å². The maximum Gasteiger partial charge on any atom is 0.195 e. The molecule has 0 aliphatic heterocycles. The highest BCUT2D eigenvalue weighted by atomic mass is 32.1. The fraction of sp³-hybridized carbons (Fsp3) is 0.273. The summed E-state index contributed by atoms with van der Waals surface area (Å²) in [6.45, 7) is 5.73. The van der Waals surface area contributed by atoms with E-state index in [0.717, 1.165) is 22.0 Å². The van der Waals surface area contributed by atoms with E-state index in [4.69, 9.17) is 5.26 Å². The largest absolute Gasteiger partial charge is 0.233 e. The van der Waals surface area contributed by atoms with Gasteiger partial charge in [0, 0.05) is 11.4 Å². The summed E-state index contributed by atoms with van der Waals surface area (Å²) in [5, 5.41) is 9.24. The Hall–Kier alpha value is -1.80. The van der Waals surface area contributed by atoms with Crippen molar-refractivity contribution in [1.29, 1.82) is 5.26 Å². The molecule has 0 spiro atoms. The summed E-state index contributed by atoms with van der Waals surface area (Å²) in [4.78, 5) is 13.7. The molecule has 0 aromatic carbocycles. The van der Waals surface area contributed by atoms with Crippen molar-refractivity contribution < 1.29 is 0 Å². The molecule has 0 atom stereocenters. The number of nitriles is 1. The normalized spacial score (nSPS) is 10.1. The van der Waals surface area contributed by atoms with E-state index in [-0.39, 0.29) is 0 Å². The Kier molecular flexibility index (Phi) is 2.67. The van der Waals surface area contributed by atoms with Gasteiger partial charge in [-0.2, -0.15) is 5.26 Å². The highest BCUT2D eigenvalue weighted by Gasteiger charge is 2.12. The molecular weight excluding hydrogens is 220 g/mol. The SMILES string of the molecule is Cc1cc(C)nc(-c2sc(C#N)nc2C)n1. The zero-order valence-corrected chi connectivity index (χ0v) is 10.1. The highest BCUT2D eigenvalue weighted by molar-refractivity contribution is 7.15. The van der Waals surface area contributed by atoms with Crippen LogP contribution in [0.2, 0.25) is 0 Å². The summed E-state index contributed by atoms with van der Waals surface area (Å²) >= 11 is 1.33. The van der Waals surface area contributed by atoms with Crippen molar-refractivity contribution in [2.75, 3.05) is 0 Å². The molecule has 0 saturated heterocycles. The van der Waals surface area contributed by atoms with Gasteiger partial charge >= 0.3 is 0 Å². The highest BCUT2D eigenvalue weighted by Crippen LogP contribution is 2.27. The van der Waals surface area contributed by atoms with E-state index in [1.54, 1.807) is 0 Å². The number of hydrogen-bond donors (Lipinski definition) is 0. The summed E-state index contributed by atoms with van der Waals surface area (Å²) in [5.41, 5.74) is 2.66. The van der Waals surface area contributed by atoms with Gasteiger partial charge in [-0.15, -0.1) is 0 Å². The molecular formula is C11H10N4S. The predicted molar refractivity (Wildman–Crippen MR) is 62.1 cm³/mol. The van der Waals surface area contributed by atoms with E-state index >= 15 is 0 Å². The number of thiazole rings is 1. The fourth-order valence-corrected chi connectivity index (χ4v) is 2.28. The average Bonchev–Trinajstić information content (AvgIpc) is 2.58. The number of hydrogen-bond acceptors (Lipinski definition) is 5. The van der Waals surface area contributed by atoms with Gasteiger partial charge in [0.05, 0.1) is 10.6 Å². The molecule has 16 heavy (non-hydrogen) atoms. The minimum absolute atomic E-state index is 0.454. The van der Waals surface area contributed by atoms with Crippen LogP contribution in [-0.2, 0) is 0 Å². The summed E-state index contributed by atoms with van der Waals surface area (Å²) in [6, 6.07) is 3.96. The van der Waals surface area contributed by atoms with Crippen molar-refractivity contribution in [2.24, 2.45) is 0 Å². The Morgan fingerprint density at radius 2 is 1.75 bits per heavy atom. The minimum atomic E-state index is 0.454. The van der Waals surface area contributed by atoms with E-state index < -0.39 is 0 Å². The Morgan fingerprint density at radius 3 is 2.25 bits per heavy atom. The Labute approximate surface area is 97.6 Å². The second kappa shape index (κ2) is 3.99. The van der Waals surface area contributed by atoms with Crippen LogP contribution in [0.4, 0.5) is 0 Å². The van der Waals surface area contributed by atoms with Gasteiger partial charge in [-0.25, -0.2) is 15.0 Å². The first kappa shape index (κ1) is 10.7. The van der Waals surface area contributed by atoms with Crippen molar-refractivity contribution >= 4 is 11.3 Å². The van der Waals surface area contributed by atoms with E-state index in [1.165, 1.54) is 11.3 Å². The zero-order chi connectivity index (χ0) is 11.7. The molecule has 0 N–H and O–H groups in total. The molecule has 0 bridgehead atoms. The Balaban J connectivity index is 2.58. The smallest absolute Gasteiger partial charge is 0.195 e. The van der Waals surface area contributed by atoms with Crippen LogP contribution in [0.25, 0.3) is 10.7 Å². The lowest BCUT2D eigenvalue weighted by atomic mass is 10.3. The van der Waals surface area contributed by atoms with Crippen LogP contribution >= 0.6 is 11.3 Å². The molecule has 2 aromatic rings. The van der Waals surface area contributed by atoms with Crippen molar-refractivity contribution in [3.63, 3.8) is 0 Å². The van der Waals surface area contributed by atoms with Crippen LogP contribution in [0, 0.1) is 32.1 Å². The molecule has 0 aliphatic carbocycles. The van der Waals surface area contributed by atoms with Crippen LogP contribution in [-0.4, -0.2) is 15.0 Å². The van der Waals surface area contributed by atoms with Gasteiger partial charge in [-0.05, 0) is 26.8 Å². The maximum atomic E-state index is 8.79. The van der Waals surface area contributed by atoms with Crippen molar-refractivity contribution in [3.05, 3.63) is 28.2 Å². The van der Waals surface area contributed by atoms with Gasteiger partial charge < -0.3 is 0 Å². The van der Waals surface area contributed by atoms with Crippen LogP contribution < -0.4 is 0 Å². The van der Waals surface area contributed by atoms with E-state index in [0.29, 0.717) is 10.8 Å². The number of nitrogens with zero attached hydrogens (tertiary/aromatic N) is 4. The van der Waals surface area contributed by atoms with Crippen LogP contribution in [0.3, 0.4) is 0 Å². The third-order valence-electron chi connectivity index (χ3n) is 2.08. The molecule has 5 heteroatoms. The van der Waals surface area contributed by atoms with Gasteiger partial charge in [0.2, 0.25) is 0 Å². The monoisotopic (exact) mass is 230 g/mol.